The maximum atomic E-state index is 14.3. The average Bonchev–Trinajstić information content (AvgIpc) is 2.95. The number of aryl methyl sites for hydroxylation is 2. The number of rotatable bonds is 4. The number of alkyl halides is 1. The van der Waals surface area contributed by atoms with Gasteiger partial charge < -0.3 is 4.52 Å². The van der Waals surface area contributed by atoms with E-state index in [0.717, 1.165) is 23.3 Å². The highest BCUT2D eigenvalue weighted by molar-refractivity contribution is 7.90. The van der Waals surface area contributed by atoms with Gasteiger partial charge in [-0.25, -0.2) is 21.6 Å². The Morgan fingerprint density at radius 3 is 2.00 bits per heavy atom. The molecule has 2 aromatic carbocycles. The molecule has 3 rings (SSSR count). The first-order valence-corrected chi connectivity index (χ1v) is 9.83. The number of aromatic nitrogens is 1. The van der Waals surface area contributed by atoms with Crippen molar-refractivity contribution in [2.45, 2.75) is 25.4 Å². The van der Waals surface area contributed by atoms with E-state index in [1.807, 2.05) is 19.9 Å². The SMILES string of the molecule is Cc1cc(C)cc(-c2noc(CF)c2-c2cc(F)c(S(C)(=O)=O)c(F)c2)c1. The van der Waals surface area contributed by atoms with Gasteiger partial charge in [-0.1, -0.05) is 22.3 Å². The number of hydrogen-bond donors (Lipinski definition) is 0. The van der Waals surface area contributed by atoms with Crippen molar-refractivity contribution >= 4 is 9.84 Å². The van der Waals surface area contributed by atoms with Crippen LogP contribution in [0, 0.1) is 25.5 Å². The Morgan fingerprint density at radius 1 is 0.963 bits per heavy atom. The predicted molar refractivity (Wildman–Crippen MR) is 94.7 cm³/mol. The molecule has 0 radical (unpaired) electrons. The van der Waals surface area contributed by atoms with Gasteiger partial charge in [0.15, 0.2) is 22.3 Å². The lowest BCUT2D eigenvalue weighted by atomic mass is 9.97. The van der Waals surface area contributed by atoms with Crippen LogP contribution in [-0.2, 0) is 16.5 Å². The van der Waals surface area contributed by atoms with E-state index in [0.29, 0.717) is 11.8 Å². The summed E-state index contributed by atoms with van der Waals surface area (Å²) in [7, 11) is -4.10. The minimum atomic E-state index is -4.10. The maximum Gasteiger partial charge on any atom is 0.181 e. The lowest BCUT2D eigenvalue weighted by Gasteiger charge is -2.09. The molecule has 0 unspecified atom stereocenters. The van der Waals surface area contributed by atoms with Crippen LogP contribution in [0.15, 0.2) is 39.8 Å². The summed E-state index contributed by atoms with van der Waals surface area (Å²) in [5.41, 5.74) is 2.69. The smallest absolute Gasteiger partial charge is 0.181 e. The van der Waals surface area contributed by atoms with Crippen LogP contribution >= 0.6 is 0 Å². The first kappa shape index (κ1) is 19.2. The van der Waals surface area contributed by atoms with Crippen LogP contribution in [0.2, 0.25) is 0 Å². The standard InChI is InChI=1S/C19H16F3NO3S/c1-10-4-11(2)6-13(5-10)18-17(16(9-20)26-23-18)12-7-14(21)19(15(22)8-12)27(3,24)25/h4-8H,9H2,1-3H3. The molecule has 3 aromatic rings. The van der Waals surface area contributed by atoms with Gasteiger partial charge in [0.2, 0.25) is 0 Å². The molecule has 142 valence electrons. The third kappa shape index (κ3) is 3.62. The van der Waals surface area contributed by atoms with E-state index < -0.39 is 33.0 Å². The molecule has 1 heterocycles. The molecule has 0 aliphatic carbocycles. The fourth-order valence-corrected chi connectivity index (χ4v) is 3.91. The lowest BCUT2D eigenvalue weighted by molar-refractivity contribution is 0.332. The second-order valence-corrected chi connectivity index (χ2v) is 8.33. The van der Waals surface area contributed by atoms with Crippen LogP contribution in [0.1, 0.15) is 16.9 Å². The molecule has 0 saturated carbocycles. The summed E-state index contributed by atoms with van der Waals surface area (Å²) in [5.74, 6) is -2.72. The van der Waals surface area contributed by atoms with Gasteiger partial charge in [0.25, 0.3) is 0 Å². The molecule has 0 aliphatic heterocycles. The van der Waals surface area contributed by atoms with Crippen LogP contribution in [0.4, 0.5) is 13.2 Å². The van der Waals surface area contributed by atoms with Crippen molar-refractivity contribution in [3.05, 3.63) is 58.9 Å². The monoisotopic (exact) mass is 395 g/mol. The van der Waals surface area contributed by atoms with Crippen molar-refractivity contribution in [2.75, 3.05) is 6.26 Å². The van der Waals surface area contributed by atoms with E-state index in [9.17, 15) is 21.6 Å². The van der Waals surface area contributed by atoms with Gasteiger partial charge in [0.05, 0.1) is 5.56 Å². The molecule has 0 atom stereocenters. The van der Waals surface area contributed by atoms with Gasteiger partial charge in [-0.15, -0.1) is 0 Å². The van der Waals surface area contributed by atoms with Gasteiger partial charge in [0, 0.05) is 11.8 Å². The molecular weight excluding hydrogens is 379 g/mol. The highest BCUT2D eigenvalue weighted by Crippen LogP contribution is 2.37. The molecule has 1 aromatic heterocycles. The fourth-order valence-electron chi connectivity index (χ4n) is 3.08. The van der Waals surface area contributed by atoms with E-state index in [-0.39, 0.29) is 22.6 Å². The first-order valence-electron chi connectivity index (χ1n) is 7.94. The average molecular weight is 395 g/mol. The number of benzene rings is 2. The van der Waals surface area contributed by atoms with Crippen LogP contribution in [0.3, 0.4) is 0 Å². The molecule has 27 heavy (non-hydrogen) atoms. The van der Waals surface area contributed by atoms with Gasteiger partial charge >= 0.3 is 0 Å². The molecule has 8 heteroatoms. The summed E-state index contributed by atoms with van der Waals surface area (Å²) in [6.07, 6.45) is 0.710. The summed E-state index contributed by atoms with van der Waals surface area (Å²) in [6, 6.07) is 7.19. The normalized spacial score (nSPS) is 11.8. The summed E-state index contributed by atoms with van der Waals surface area (Å²) in [5, 5.41) is 3.87. The zero-order chi connectivity index (χ0) is 19.9. The molecule has 0 N–H and O–H groups in total. The zero-order valence-corrected chi connectivity index (χ0v) is 15.6. The third-order valence-electron chi connectivity index (χ3n) is 4.04. The Labute approximate surface area is 154 Å². The van der Waals surface area contributed by atoms with Gasteiger partial charge in [-0.05, 0) is 43.7 Å². The van der Waals surface area contributed by atoms with E-state index in [1.165, 1.54) is 0 Å². The quantitative estimate of drug-likeness (QED) is 0.638. The molecular formula is C19H16F3NO3S. The lowest BCUT2D eigenvalue weighted by Crippen LogP contribution is -2.05. The van der Waals surface area contributed by atoms with Crippen LogP contribution < -0.4 is 0 Å². The second-order valence-electron chi connectivity index (χ2n) is 6.38. The Kier molecular flexibility index (Phi) is 4.86. The number of sulfone groups is 1. The van der Waals surface area contributed by atoms with Crippen molar-refractivity contribution in [1.29, 1.82) is 0 Å². The third-order valence-corrected chi connectivity index (χ3v) is 5.17. The van der Waals surface area contributed by atoms with E-state index in [2.05, 4.69) is 5.16 Å². The Bertz CT molecular complexity index is 1090. The molecule has 0 spiro atoms. The summed E-state index contributed by atoms with van der Waals surface area (Å²) >= 11 is 0. The molecule has 0 bridgehead atoms. The van der Waals surface area contributed by atoms with Crippen LogP contribution in [0.5, 0.6) is 0 Å². The van der Waals surface area contributed by atoms with Crippen molar-refractivity contribution in [2.24, 2.45) is 0 Å². The zero-order valence-electron chi connectivity index (χ0n) is 14.8. The van der Waals surface area contributed by atoms with E-state index in [4.69, 9.17) is 4.52 Å². The first-order chi connectivity index (χ1) is 12.6. The van der Waals surface area contributed by atoms with Crippen molar-refractivity contribution < 1.29 is 26.1 Å². The Morgan fingerprint density at radius 2 is 1.52 bits per heavy atom. The van der Waals surface area contributed by atoms with Gasteiger partial charge in [-0.2, -0.15) is 0 Å². The number of nitrogens with zero attached hydrogens (tertiary/aromatic N) is 1. The molecule has 4 nitrogen and oxygen atoms in total. The Balaban J connectivity index is 2.28. The largest absolute Gasteiger partial charge is 0.357 e. The summed E-state index contributed by atoms with van der Waals surface area (Å²) in [4.78, 5) is -1.03. The number of hydrogen-bond acceptors (Lipinski definition) is 4. The minimum absolute atomic E-state index is 0.0551. The topological polar surface area (TPSA) is 60.2 Å². The van der Waals surface area contributed by atoms with Crippen LogP contribution in [-0.4, -0.2) is 19.8 Å². The molecule has 0 fully saturated rings. The molecule has 0 saturated heterocycles. The van der Waals surface area contributed by atoms with Gasteiger partial charge in [0.1, 0.15) is 22.2 Å². The highest BCUT2D eigenvalue weighted by Gasteiger charge is 2.25. The van der Waals surface area contributed by atoms with E-state index >= 15 is 0 Å². The van der Waals surface area contributed by atoms with Crippen molar-refractivity contribution in [3.63, 3.8) is 0 Å². The summed E-state index contributed by atoms with van der Waals surface area (Å²) in [6.45, 7) is 2.70. The minimum Gasteiger partial charge on any atom is -0.357 e. The predicted octanol–water partition coefficient (Wildman–Crippen LogP) is 4.78. The fraction of sp³-hybridized carbons (Fsp3) is 0.211. The highest BCUT2D eigenvalue weighted by atomic mass is 32.2. The molecule has 0 aliphatic rings. The maximum absolute atomic E-state index is 14.3. The van der Waals surface area contributed by atoms with Gasteiger partial charge in [-0.3, -0.25) is 0 Å². The summed E-state index contributed by atoms with van der Waals surface area (Å²) < 4.78 is 70.3. The van der Waals surface area contributed by atoms with Crippen molar-refractivity contribution in [3.8, 4) is 22.4 Å². The van der Waals surface area contributed by atoms with Crippen LogP contribution in [0.25, 0.3) is 22.4 Å². The van der Waals surface area contributed by atoms with Crippen molar-refractivity contribution in [1.82, 2.24) is 5.16 Å². The van der Waals surface area contributed by atoms with E-state index in [1.54, 1.807) is 12.1 Å². The molecule has 0 amide bonds. The number of halogens is 3. The second kappa shape index (κ2) is 6.84. The Hall–Kier alpha value is -2.61.